The minimum Gasteiger partial charge on any atom is -0.397 e. The molecule has 5 heteroatoms. The van der Waals surface area contributed by atoms with Gasteiger partial charge in [0.15, 0.2) is 0 Å². The highest BCUT2D eigenvalue weighted by Crippen LogP contribution is 2.27. The van der Waals surface area contributed by atoms with Crippen LogP contribution in [0.25, 0.3) is 0 Å². The van der Waals surface area contributed by atoms with Crippen LogP contribution in [-0.4, -0.2) is 24.0 Å². The average Bonchev–Trinajstić information content (AvgIpc) is 2.83. The summed E-state index contributed by atoms with van der Waals surface area (Å²) in [6, 6.07) is 15.4. The van der Waals surface area contributed by atoms with Crippen molar-refractivity contribution in [2.75, 3.05) is 23.7 Å². The van der Waals surface area contributed by atoms with Crippen LogP contribution in [-0.2, 0) is 6.54 Å². The molecule has 21 heavy (non-hydrogen) atoms. The molecule has 0 bridgehead atoms. The van der Waals surface area contributed by atoms with E-state index >= 15 is 0 Å². The van der Waals surface area contributed by atoms with Crippen molar-refractivity contribution >= 4 is 33.3 Å². The van der Waals surface area contributed by atoms with Gasteiger partial charge >= 0.3 is 6.03 Å². The summed E-state index contributed by atoms with van der Waals surface area (Å²) in [5.74, 6) is 0. The van der Waals surface area contributed by atoms with E-state index in [2.05, 4.69) is 15.9 Å². The normalized spacial score (nSPS) is 14.8. The van der Waals surface area contributed by atoms with Gasteiger partial charge in [0.05, 0.1) is 11.4 Å². The highest BCUT2D eigenvalue weighted by molar-refractivity contribution is 9.10. The van der Waals surface area contributed by atoms with E-state index in [9.17, 15) is 4.79 Å². The Morgan fingerprint density at radius 2 is 1.76 bits per heavy atom. The Morgan fingerprint density at radius 1 is 1.05 bits per heavy atom. The molecule has 4 nitrogen and oxygen atoms in total. The predicted octanol–water partition coefficient (Wildman–Crippen LogP) is 3.47. The summed E-state index contributed by atoms with van der Waals surface area (Å²) in [5, 5.41) is 0. The fourth-order valence-corrected chi connectivity index (χ4v) is 2.93. The Balaban J connectivity index is 1.78. The van der Waals surface area contributed by atoms with Crippen molar-refractivity contribution in [3.05, 3.63) is 58.6 Å². The van der Waals surface area contributed by atoms with E-state index in [4.69, 9.17) is 5.73 Å². The van der Waals surface area contributed by atoms with E-state index in [1.165, 1.54) is 0 Å². The van der Waals surface area contributed by atoms with Gasteiger partial charge in [0.25, 0.3) is 0 Å². The van der Waals surface area contributed by atoms with Gasteiger partial charge < -0.3 is 10.6 Å². The minimum absolute atomic E-state index is 0.00338. The summed E-state index contributed by atoms with van der Waals surface area (Å²) < 4.78 is 1.02. The number of para-hydroxylation sites is 2. The van der Waals surface area contributed by atoms with Gasteiger partial charge in [-0.15, -0.1) is 0 Å². The predicted molar refractivity (Wildman–Crippen MR) is 88.1 cm³/mol. The van der Waals surface area contributed by atoms with Crippen LogP contribution in [0.15, 0.2) is 53.0 Å². The molecule has 0 aromatic heterocycles. The number of anilines is 2. The molecule has 1 heterocycles. The lowest BCUT2D eigenvalue weighted by atomic mass is 10.2. The SMILES string of the molecule is Nc1ccccc1N1CCN(Cc2ccccc2Br)C1=O. The van der Waals surface area contributed by atoms with Crippen LogP contribution in [0.4, 0.5) is 16.2 Å². The molecule has 0 spiro atoms. The number of hydrogen-bond donors (Lipinski definition) is 1. The Bertz CT molecular complexity index is 674. The van der Waals surface area contributed by atoms with E-state index in [1.807, 2.05) is 53.4 Å². The fourth-order valence-electron chi connectivity index (χ4n) is 2.52. The van der Waals surface area contributed by atoms with Crippen LogP contribution in [0.5, 0.6) is 0 Å². The number of urea groups is 1. The number of rotatable bonds is 3. The van der Waals surface area contributed by atoms with Crippen molar-refractivity contribution in [1.29, 1.82) is 0 Å². The summed E-state index contributed by atoms with van der Waals surface area (Å²) in [5.41, 5.74) is 8.49. The molecular formula is C16H16BrN3O. The van der Waals surface area contributed by atoms with Gasteiger partial charge in [-0.3, -0.25) is 4.90 Å². The molecule has 0 atom stereocenters. The lowest BCUT2D eigenvalue weighted by molar-refractivity contribution is 0.218. The monoisotopic (exact) mass is 345 g/mol. The second-order valence-electron chi connectivity index (χ2n) is 5.01. The van der Waals surface area contributed by atoms with Gasteiger partial charge in [-0.1, -0.05) is 46.3 Å². The van der Waals surface area contributed by atoms with Crippen LogP contribution >= 0.6 is 15.9 Å². The van der Waals surface area contributed by atoms with Crippen molar-refractivity contribution in [2.24, 2.45) is 0 Å². The highest BCUT2D eigenvalue weighted by Gasteiger charge is 2.30. The van der Waals surface area contributed by atoms with Crippen LogP contribution in [0.1, 0.15) is 5.56 Å². The zero-order chi connectivity index (χ0) is 14.8. The number of nitrogens with two attached hydrogens (primary N) is 1. The number of hydrogen-bond acceptors (Lipinski definition) is 2. The number of nitrogen functional groups attached to an aromatic ring is 1. The van der Waals surface area contributed by atoms with Gasteiger partial charge in [0.2, 0.25) is 0 Å². The highest BCUT2D eigenvalue weighted by atomic mass is 79.9. The number of carbonyl (C=O) groups excluding carboxylic acids is 1. The molecule has 2 N–H and O–H groups in total. The van der Waals surface area contributed by atoms with Gasteiger partial charge in [-0.05, 0) is 23.8 Å². The lowest BCUT2D eigenvalue weighted by Crippen LogP contribution is -2.31. The second-order valence-corrected chi connectivity index (χ2v) is 5.86. The van der Waals surface area contributed by atoms with Gasteiger partial charge in [0.1, 0.15) is 0 Å². The Labute approximate surface area is 132 Å². The first-order valence-corrected chi connectivity index (χ1v) is 7.60. The van der Waals surface area contributed by atoms with E-state index in [0.717, 1.165) is 15.7 Å². The maximum atomic E-state index is 12.6. The molecular weight excluding hydrogens is 330 g/mol. The molecule has 1 aliphatic rings. The van der Waals surface area contributed by atoms with E-state index in [-0.39, 0.29) is 6.03 Å². The zero-order valence-electron chi connectivity index (χ0n) is 11.5. The third-order valence-corrected chi connectivity index (χ3v) is 4.42. The number of benzene rings is 2. The molecule has 0 aliphatic carbocycles. The summed E-state index contributed by atoms with van der Waals surface area (Å²) in [4.78, 5) is 16.1. The standard InChI is InChI=1S/C16H16BrN3O/c17-13-6-2-1-5-12(13)11-19-9-10-20(16(19)21)15-8-4-3-7-14(15)18/h1-8H,9-11,18H2. The van der Waals surface area contributed by atoms with Crippen LogP contribution in [0.2, 0.25) is 0 Å². The van der Waals surface area contributed by atoms with Crippen molar-refractivity contribution in [3.63, 3.8) is 0 Å². The van der Waals surface area contributed by atoms with E-state index < -0.39 is 0 Å². The van der Waals surface area contributed by atoms with Crippen molar-refractivity contribution < 1.29 is 4.79 Å². The molecule has 2 amide bonds. The largest absolute Gasteiger partial charge is 0.397 e. The molecule has 1 saturated heterocycles. The van der Waals surface area contributed by atoms with Crippen LogP contribution in [0.3, 0.4) is 0 Å². The zero-order valence-corrected chi connectivity index (χ0v) is 13.1. The molecule has 1 fully saturated rings. The molecule has 108 valence electrons. The first-order chi connectivity index (χ1) is 10.2. The molecule has 0 unspecified atom stereocenters. The average molecular weight is 346 g/mol. The second kappa shape index (κ2) is 5.77. The quantitative estimate of drug-likeness (QED) is 0.865. The fraction of sp³-hybridized carbons (Fsp3) is 0.188. The number of halogens is 1. The Morgan fingerprint density at radius 3 is 2.52 bits per heavy atom. The van der Waals surface area contributed by atoms with Crippen LogP contribution in [0, 0.1) is 0 Å². The first kappa shape index (κ1) is 13.9. The van der Waals surface area contributed by atoms with Gasteiger partial charge in [-0.25, -0.2) is 4.79 Å². The van der Waals surface area contributed by atoms with E-state index in [0.29, 0.717) is 25.3 Å². The van der Waals surface area contributed by atoms with Crippen molar-refractivity contribution in [2.45, 2.75) is 6.54 Å². The first-order valence-electron chi connectivity index (χ1n) is 6.81. The molecule has 2 aromatic carbocycles. The summed E-state index contributed by atoms with van der Waals surface area (Å²) in [7, 11) is 0. The molecule has 0 radical (unpaired) electrons. The Kier molecular flexibility index (Phi) is 3.84. The smallest absolute Gasteiger partial charge is 0.324 e. The molecule has 1 aliphatic heterocycles. The van der Waals surface area contributed by atoms with Crippen LogP contribution < -0.4 is 10.6 Å². The van der Waals surface area contributed by atoms with Crippen molar-refractivity contribution in [3.8, 4) is 0 Å². The summed E-state index contributed by atoms with van der Waals surface area (Å²) >= 11 is 3.52. The number of amides is 2. The van der Waals surface area contributed by atoms with Gasteiger partial charge in [-0.2, -0.15) is 0 Å². The third kappa shape index (κ3) is 2.74. The molecule has 2 aromatic rings. The summed E-state index contributed by atoms with van der Waals surface area (Å²) in [6.45, 7) is 1.97. The van der Waals surface area contributed by atoms with Gasteiger partial charge in [0, 0.05) is 24.1 Å². The maximum absolute atomic E-state index is 12.6. The van der Waals surface area contributed by atoms with E-state index in [1.54, 1.807) is 4.90 Å². The third-order valence-electron chi connectivity index (χ3n) is 3.64. The number of carbonyl (C=O) groups is 1. The topological polar surface area (TPSA) is 49.6 Å². The summed E-state index contributed by atoms with van der Waals surface area (Å²) in [6.07, 6.45) is 0. The maximum Gasteiger partial charge on any atom is 0.324 e. The molecule has 3 rings (SSSR count). The number of nitrogens with zero attached hydrogens (tertiary/aromatic N) is 2. The molecule has 0 saturated carbocycles. The Hall–Kier alpha value is -2.01. The minimum atomic E-state index is 0.00338. The lowest BCUT2D eigenvalue weighted by Gasteiger charge is -2.20. The van der Waals surface area contributed by atoms with Crippen molar-refractivity contribution in [1.82, 2.24) is 4.90 Å².